The van der Waals surface area contributed by atoms with Gasteiger partial charge >= 0.3 is 0 Å². The first-order valence-corrected chi connectivity index (χ1v) is 9.58. The average Bonchev–Trinajstić information content (AvgIpc) is 2.99. The number of thioether (sulfide) groups is 1. The second-order valence-corrected chi connectivity index (χ2v) is 6.78. The first-order valence-electron chi connectivity index (χ1n) is 8.59. The van der Waals surface area contributed by atoms with Gasteiger partial charge in [-0.15, -0.1) is 0 Å². The van der Waals surface area contributed by atoms with Crippen LogP contribution in [0, 0.1) is 6.92 Å². The van der Waals surface area contributed by atoms with E-state index in [1.54, 1.807) is 0 Å². The summed E-state index contributed by atoms with van der Waals surface area (Å²) in [6.45, 7) is 7.65. The molecule has 0 saturated heterocycles. The fourth-order valence-corrected chi connectivity index (χ4v) is 3.98. The minimum Gasteiger partial charge on any atom is -0.319 e. The quantitative estimate of drug-likeness (QED) is 0.612. The maximum absolute atomic E-state index is 12.8. The van der Waals surface area contributed by atoms with Crippen LogP contribution >= 0.6 is 11.8 Å². The van der Waals surface area contributed by atoms with Gasteiger partial charge in [0.15, 0.2) is 5.16 Å². The van der Waals surface area contributed by atoms with E-state index in [-0.39, 0.29) is 5.91 Å². The molecule has 0 unspecified atom stereocenters. The van der Waals surface area contributed by atoms with E-state index in [0.29, 0.717) is 12.3 Å². The smallest absolute Gasteiger partial charge is 0.237 e. The summed E-state index contributed by atoms with van der Waals surface area (Å²) in [6, 6.07) is 16.1. The summed E-state index contributed by atoms with van der Waals surface area (Å²) >= 11 is 1.51. The Morgan fingerprint density at radius 3 is 2.56 bits per heavy atom. The molecule has 0 aliphatic rings. The van der Waals surface area contributed by atoms with Crippen LogP contribution in [0.3, 0.4) is 0 Å². The molecule has 1 amide bonds. The van der Waals surface area contributed by atoms with E-state index in [2.05, 4.69) is 22.5 Å². The molecule has 0 fully saturated rings. The highest BCUT2D eigenvalue weighted by Gasteiger charge is 2.18. The van der Waals surface area contributed by atoms with Crippen LogP contribution < -0.4 is 4.90 Å². The number of carbonyl (C=O) groups is 1. The van der Waals surface area contributed by atoms with Crippen molar-refractivity contribution in [3.63, 3.8) is 0 Å². The Morgan fingerprint density at radius 2 is 1.84 bits per heavy atom. The highest BCUT2D eigenvalue weighted by atomic mass is 32.2. The van der Waals surface area contributed by atoms with Crippen molar-refractivity contribution in [3.05, 3.63) is 54.1 Å². The SMILES string of the molecule is CCN(C(=O)CSc1nc2ccccc2n1CC)c1ccccc1C. The van der Waals surface area contributed by atoms with Gasteiger partial charge in [0.05, 0.1) is 16.8 Å². The van der Waals surface area contributed by atoms with Crippen LogP contribution in [0.5, 0.6) is 0 Å². The maximum atomic E-state index is 12.8. The number of rotatable bonds is 6. The third-order valence-corrected chi connectivity index (χ3v) is 5.25. The fourth-order valence-electron chi connectivity index (χ4n) is 3.02. The van der Waals surface area contributed by atoms with E-state index in [9.17, 15) is 4.79 Å². The second kappa shape index (κ2) is 7.74. The predicted octanol–water partition coefficient (Wildman–Crippen LogP) is 4.51. The van der Waals surface area contributed by atoms with Crippen LogP contribution in [-0.4, -0.2) is 27.8 Å². The molecule has 0 radical (unpaired) electrons. The number of aryl methyl sites for hydroxylation is 2. The molecule has 4 nitrogen and oxygen atoms in total. The second-order valence-electron chi connectivity index (χ2n) is 5.84. The molecule has 25 heavy (non-hydrogen) atoms. The van der Waals surface area contributed by atoms with Crippen molar-refractivity contribution in [1.29, 1.82) is 0 Å². The van der Waals surface area contributed by atoms with Crippen molar-refractivity contribution in [2.75, 3.05) is 17.2 Å². The van der Waals surface area contributed by atoms with Gasteiger partial charge in [-0.2, -0.15) is 0 Å². The molecule has 0 aliphatic heterocycles. The summed E-state index contributed by atoms with van der Waals surface area (Å²) in [5.41, 5.74) is 4.19. The summed E-state index contributed by atoms with van der Waals surface area (Å²) in [7, 11) is 0. The van der Waals surface area contributed by atoms with E-state index >= 15 is 0 Å². The third-order valence-electron chi connectivity index (χ3n) is 4.28. The summed E-state index contributed by atoms with van der Waals surface area (Å²) in [5.74, 6) is 0.488. The number of carbonyl (C=O) groups excluding carboxylic acids is 1. The molecule has 5 heteroatoms. The zero-order chi connectivity index (χ0) is 17.8. The zero-order valence-corrected chi connectivity index (χ0v) is 15.7. The summed E-state index contributed by atoms with van der Waals surface area (Å²) in [6.07, 6.45) is 0. The standard InChI is InChI=1S/C20H23N3OS/c1-4-22(17-12-8-6-10-15(17)3)19(24)14-25-20-21-16-11-7-9-13-18(16)23(20)5-2/h6-13H,4-5,14H2,1-3H3. The van der Waals surface area contributed by atoms with Gasteiger partial charge in [-0.25, -0.2) is 4.98 Å². The highest BCUT2D eigenvalue weighted by molar-refractivity contribution is 7.99. The van der Waals surface area contributed by atoms with Gasteiger partial charge in [0, 0.05) is 18.8 Å². The van der Waals surface area contributed by atoms with Crippen LogP contribution in [-0.2, 0) is 11.3 Å². The number of hydrogen-bond acceptors (Lipinski definition) is 3. The average molecular weight is 353 g/mol. The molecule has 1 heterocycles. The Hall–Kier alpha value is -2.27. The number of hydrogen-bond donors (Lipinski definition) is 0. The molecule has 0 N–H and O–H groups in total. The summed E-state index contributed by atoms with van der Waals surface area (Å²) in [5, 5.41) is 0.901. The third kappa shape index (κ3) is 3.56. The molecule has 130 valence electrons. The lowest BCUT2D eigenvalue weighted by molar-refractivity contribution is -0.116. The molecule has 1 aromatic heterocycles. The number of fused-ring (bicyclic) bond motifs is 1. The van der Waals surface area contributed by atoms with Crippen molar-refractivity contribution in [1.82, 2.24) is 9.55 Å². The predicted molar refractivity (Wildman–Crippen MR) is 105 cm³/mol. The maximum Gasteiger partial charge on any atom is 0.237 e. The molecule has 3 rings (SSSR count). The molecule has 0 spiro atoms. The number of nitrogens with zero attached hydrogens (tertiary/aromatic N) is 3. The molecule has 0 atom stereocenters. The summed E-state index contributed by atoms with van der Waals surface area (Å²) < 4.78 is 2.16. The molecule has 0 saturated carbocycles. The number of aromatic nitrogens is 2. The van der Waals surface area contributed by atoms with Gasteiger partial charge in [-0.05, 0) is 44.5 Å². The van der Waals surface area contributed by atoms with E-state index in [1.807, 2.05) is 61.2 Å². The first-order chi connectivity index (χ1) is 12.2. The molecule has 0 aliphatic carbocycles. The molecular weight excluding hydrogens is 330 g/mol. The minimum absolute atomic E-state index is 0.108. The number of para-hydroxylation sites is 3. The van der Waals surface area contributed by atoms with Gasteiger partial charge in [0.1, 0.15) is 0 Å². The summed E-state index contributed by atoms with van der Waals surface area (Å²) in [4.78, 5) is 19.3. The van der Waals surface area contributed by atoms with Crippen molar-refractivity contribution < 1.29 is 4.79 Å². The van der Waals surface area contributed by atoms with Crippen molar-refractivity contribution >= 4 is 34.4 Å². The Bertz CT molecular complexity index is 888. The highest BCUT2D eigenvalue weighted by Crippen LogP contribution is 2.26. The van der Waals surface area contributed by atoms with Crippen LogP contribution in [0.15, 0.2) is 53.7 Å². The van der Waals surface area contributed by atoms with Gasteiger partial charge in [-0.1, -0.05) is 42.1 Å². The van der Waals surface area contributed by atoms with Gasteiger partial charge in [0.2, 0.25) is 5.91 Å². The molecule has 2 aromatic carbocycles. The van der Waals surface area contributed by atoms with E-state index in [0.717, 1.165) is 34.0 Å². The Kier molecular flexibility index (Phi) is 5.43. The Labute approximate surface area is 152 Å². The van der Waals surface area contributed by atoms with Crippen LogP contribution in [0.4, 0.5) is 5.69 Å². The number of amides is 1. The van der Waals surface area contributed by atoms with Crippen molar-refractivity contribution in [2.24, 2.45) is 0 Å². The van der Waals surface area contributed by atoms with E-state index < -0.39 is 0 Å². The lowest BCUT2D eigenvalue weighted by atomic mass is 10.2. The van der Waals surface area contributed by atoms with Crippen molar-refractivity contribution in [3.8, 4) is 0 Å². The van der Waals surface area contributed by atoms with E-state index in [4.69, 9.17) is 0 Å². The van der Waals surface area contributed by atoms with E-state index in [1.165, 1.54) is 11.8 Å². The molecule has 0 bridgehead atoms. The number of benzene rings is 2. The van der Waals surface area contributed by atoms with Gasteiger partial charge < -0.3 is 9.47 Å². The van der Waals surface area contributed by atoms with Crippen LogP contribution in [0.25, 0.3) is 11.0 Å². The lowest BCUT2D eigenvalue weighted by Crippen LogP contribution is -2.32. The Morgan fingerprint density at radius 1 is 1.12 bits per heavy atom. The molecule has 3 aromatic rings. The van der Waals surface area contributed by atoms with Crippen LogP contribution in [0.1, 0.15) is 19.4 Å². The minimum atomic E-state index is 0.108. The van der Waals surface area contributed by atoms with Gasteiger partial charge in [-0.3, -0.25) is 4.79 Å². The number of imidazole rings is 1. The van der Waals surface area contributed by atoms with Gasteiger partial charge in [0.25, 0.3) is 0 Å². The lowest BCUT2D eigenvalue weighted by Gasteiger charge is -2.22. The molecular formula is C20H23N3OS. The fraction of sp³-hybridized carbons (Fsp3) is 0.300. The normalized spacial score (nSPS) is 11.0. The Balaban J connectivity index is 1.79. The topological polar surface area (TPSA) is 38.1 Å². The van der Waals surface area contributed by atoms with Crippen molar-refractivity contribution in [2.45, 2.75) is 32.5 Å². The largest absolute Gasteiger partial charge is 0.319 e. The number of anilines is 1. The first kappa shape index (κ1) is 17.5. The zero-order valence-electron chi connectivity index (χ0n) is 14.9. The monoisotopic (exact) mass is 353 g/mol. The van der Waals surface area contributed by atoms with Crippen LogP contribution in [0.2, 0.25) is 0 Å².